The number of hydrogen-bond acceptors (Lipinski definition) is 5. The van der Waals surface area contributed by atoms with Crippen LogP contribution in [0.4, 0.5) is 5.95 Å². The van der Waals surface area contributed by atoms with Crippen LogP contribution in [0.2, 0.25) is 0 Å². The number of nitrogens with zero attached hydrogens (tertiary/aromatic N) is 4. The summed E-state index contributed by atoms with van der Waals surface area (Å²) in [4.78, 5) is 5.46. The highest BCUT2D eigenvalue weighted by atomic mass is 32.1. The Morgan fingerprint density at radius 2 is 2.10 bits per heavy atom. The normalized spacial score (nSPS) is 10.7. The van der Waals surface area contributed by atoms with Crippen molar-refractivity contribution in [1.29, 1.82) is 0 Å². The third kappa shape index (κ3) is 2.85. The third-order valence-electron chi connectivity index (χ3n) is 3.06. The van der Waals surface area contributed by atoms with Crippen LogP contribution in [0, 0.1) is 6.92 Å². The first-order valence-corrected chi connectivity index (χ1v) is 7.25. The van der Waals surface area contributed by atoms with Gasteiger partial charge in [0.05, 0.1) is 24.3 Å². The van der Waals surface area contributed by atoms with Gasteiger partial charge < -0.3 is 5.32 Å². The zero-order chi connectivity index (χ0) is 13.8. The molecule has 20 heavy (non-hydrogen) atoms. The Hall–Kier alpha value is -2.21. The summed E-state index contributed by atoms with van der Waals surface area (Å²) in [5.74, 6) is 0.779. The standard InChI is InChI=1S/C14H15N5S/c1-11-13(20-10-16-11)7-15-14-18-17-9-19(14)8-12-5-3-2-4-6-12/h2-6,9-10H,7-8H2,1H3,(H,15,18). The smallest absolute Gasteiger partial charge is 0.225 e. The number of benzene rings is 1. The maximum Gasteiger partial charge on any atom is 0.225 e. The van der Waals surface area contributed by atoms with Gasteiger partial charge in [-0.05, 0) is 12.5 Å². The van der Waals surface area contributed by atoms with Gasteiger partial charge in [-0.3, -0.25) is 4.57 Å². The van der Waals surface area contributed by atoms with Gasteiger partial charge in [-0.2, -0.15) is 0 Å². The summed E-state index contributed by atoms with van der Waals surface area (Å²) in [6, 6.07) is 10.3. The van der Waals surface area contributed by atoms with Crippen LogP contribution in [0.1, 0.15) is 16.1 Å². The molecule has 0 spiro atoms. The highest BCUT2D eigenvalue weighted by Crippen LogP contribution is 2.14. The summed E-state index contributed by atoms with van der Waals surface area (Å²) in [6.45, 7) is 3.50. The van der Waals surface area contributed by atoms with Crippen molar-refractivity contribution in [3.8, 4) is 0 Å². The molecule has 0 aliphatic heterocycles. The van der Waals surface area contributed by atoms with E-state index in [1.54, 1.807) is 17.7 Å². The molecule has 0 saturated heterocycles. The SMILES string of the molecule is Cc1ncsc1CNc1nncn1Cc1ccccc1. The van der Waals surface area contributed by atoms with Crippen molar-refractivity contribution in [2.24, 2.45) is 0 Å². The molecule has 102 valence electrons. The Morgan fingerprint density at radius 1 is 1.25 bits per heavy atom. The molecular weight excluding hydrogens is 270 g/mol. The summed E-state index contributed by atoms with van der Waals surface area (Å²) in [7, 11) is 0. The molecule has 5 nitrogen and oxygen atoms in total. The van der Waals surface area contributed by atoms with Crippen molar-refractivity contribution in [3.05, 3.63) is 58.3 Å². The fourth-order valence-corrected chi connectivity index (χ4v) is 2.66. The monoisotopic (exact) mass is 285 g/mol. The van der Waals surface area contributed by atoms with E-state index in [9.17, 15) is 0 Å². The molecule has 0 fully saturated rings. The second-order valence-corrected chi connectivity index (χ2v) is 5.42. The number of aryl methyl sites for hydroxylation is 1. The molecule has 6 heteroatoms. The zero-order valence-corrected chi connectivity index (χ0v) is 12.0. The largest absolute Gasteiger partial charge is 0.349 e. The first-order chi connectivity index (χ1) is 9.83. The van der Waals surface area contributed by atoms with Gasteiger partial charge in [-0.1, -0.05) is 30.3 Å². The van der Waals surface area contributed by atoms with Gasteiger partial charge in [0.2, 0.25) is 5.95 Å². The van der Waals surface area contributed by atoms with Gasteiger partial charge >= 0.3 is 0 Å². The molecule has 1 aromatic carbocycles. The molecule has 0 aliphatic rings. The van der Waals surface area contributed by atoms with E-state index in [4.69, 9.17) is 0 Å². The predicted octanol–water partition coefficient (Wildman–Crippen LogP) is 2.70. The van der Waals surface area contributed by atoms with Crippen LogP contribution in [-0.2, 0) is 13.1 Å². The second-order valence-electron chi connectivity index (χ2n) is 4.48. The van der Waals surface area contributed by atoms with E-state index in [0.717, 1.165) is 24.7 Å². The van der Waals surface area contributed by atoms with Crippen molar-refractivity contribution in [1.82, 2.24) is 19.7 Å². The molecule has 1 N–H and O–H groups in total. The minimum absolute atomic E-state index is 0.726. The molecule has 3 rings (SSSR count). The average Bonchev–Trinajstić information content (AvgIpc) is 3.07. The van der Waals surface area contributed by atoms with Crippen LogP contribution in [0.3, 0.4) is 0 Å². The Bertz CT molecular complexity index is 674. The van der Waals surface area contributed by atoms with Gasteiger partial charge in [-0.15, -0.1) is 21.5 Å². The van der Waals surface area contributed by atoms with Gasteiger partial charge in [-0.25, -0.2) is 4.98 Å². The van der Waals surface area contributed by atoms with Gasteiger partial charge in [0, 0.05) is 4.88 Å². The highest BCUT2D eigenvalue weighted by molar-refractivity contribution is 7.09. The number of aromatic nitrogens is 4. The summed E-state index contributed by atoms with van der Waals surface area (Å²) in [5, 5.41) is 11.4. The first kappa shape index (κ1) is 12.8. The van der Waals surface area contributed by atoms with Crippen LogP contribution in [0.25, 0.3) is 0 Å². The Balaban J connectivity index is 1.69. The molecular formula is C14H15N5S. The third-order valence-corrected chi connectivity index (χ3v) is 4.00. The molecule has 0 atom stereocenters. The Kier molecular flexibility index (Phi) is 3.73. The lowest BCUT2D eigenvalue weighted by atomic mass is 10.2. The van der Waals surface area contributed by atoms with E-state index in [2.05, 4.69) is 32.6 Å². The molecule has 0 aliphatic carbocycles. The number of nitrogens with one attached hydrogen (secondary N) is 1. The highest BCUT2D eigenvalue weighted by Gasteiger charge is 2.06. The molecule has 0 unspecified atom stereocenters. The molecule has 0 bridgehead atoms. The van der Waals surface area contributed by atoms with E-state index in [0.29, 0.717) is 0 Å². The lowest BCUT2D eigenvalue weighted by Gasteiger charge is -2.08. The minimum Gasteiger partial charge on any atom is -0.349 e. The van der Waals surface area contributed by atoms with E-state index in [1.165, 1.54) is 10.4 Å². The van der Waals surface area contributed by atoms with Crippen LogP contribution < -0.4 is 5.32 Å². The van der Waals surface area contributed by atoms with Crippen LogP contribution in [0.15, 0.2) is 42.2 Å². The lowest BCUT2D eigenvalue weighted by molar-refractivity contribution is 0.794. The lowest BCUT2D eigenvalue weighted by Crippen LogP contribution is -2.08. The van der Waals surface area contributed by atoms with E-state index in [-0.39, 0.29) is 0 Å². The molecule has 2 heterocycles. The summed E-state index contributed by atoms with van der Waals surface area (Å²) in [6.07, 6.45) is 1.74. The van der Waals surface area contributed by atoms with Crippen molar-refractivity contribution >= 4 is 17.3 Å². The summed E-state index contributed by atoms with van der Waals surface area (Å²) >= 11 is 1.65. The maximum absolute atomic E-state index is 4.24. The average molecular weight is 285 g/mol. The van der Waals surface area contributed by atoms with E-state index >= 15 is 0 Å². The van der Waals surface area contributed by atoms with Gasteiger partial charge in [0.15, 0.2) is 0 Å². The number of rotatable bonds is 5. The van der Waals surface area contributed by atoms with Crippen LogP contribution in [-0.4, -0.2) is 19.7 Å². The molecule has 0 amide bonds. The van der Waals surface area contributed by atoms with Crippen molar-refractivity contribution in [3.63, 3.8) is 0 Å². The molecule has 0 radical (unpaired) electrons. The van der Waals surface area contributed by atoms with E-state index < -0.39 is 0 Å². The van der Waals surface area contributed by atoms with Crippen molar-refractivity contribution in [2.45, 2.75) is 20.0 Å². The number of anilines is 1. The molecule has 0 saturated carbocycles. The minimum atomic E-state index is 0.726. The van der Waals surface area contributed by atoms with Gasteiger partial charge in [0.25, 0.3) is 0 Å². The maximum atomic E-state index is 4.24. The predicted molar refractivity (Wildman–Crippen MR) is 79.7 cm³/mol. The summed E-state index contributed by atoms with van der Waals surface area (Å²) in [5.41, 5.74) is 4.15. The zero-order valence-electron chi connectivity index (χ0n) is 11.2. The van der Waals surface area contributed by atoms with Gasteiger partial charge in [0.1, 0.15) is 6.33 Å². The topological polar surface area (TPSA) is 55.6 Å². The molecule has 3 aromatic rings. The Labute approximate surface area is 121 Å². The fraction of sp³-hybridized carbons (Fsp3) is 0.214. The van der Waals surface area contributed by atoms with Crippen molar-refractivity contribution in [2.75, 3.05) is 5.32 Å². The number of thiazole rings is 1. The second kappa shape index (κ2) is 5.83. The summed E-state index contributed by atoms with van der Waals surface area (Å²) < 4.78 is 2.01. The number of hydrogen-bond donors (Lipinski definition) is 1. The van der Waals surface area contributed by atoms with Crippen LogP contribution >= 0.6 is 11.3 Å². The van der Waals surface area contributed by atoms with E-state index in [1.807, 2.05) is 35.2 Å². The quantitative estimate of drug-likeness (QED) is 0.783. The fourth-order valence-electron chi connectivity index (χ4n) is 1.94. The first-order valence-electron chi connectivity index (χ1n) is 6.37. The van der Waals surface area contributed by atoms with Crippen molar-refractivity contribution < 1.29 is 0 Å². The van der Waals surface area contributed by atoms with Crippen LogP contribution in [0.5, 0.6) is 0 Å². The Morgan fingerprint density at radius 3 is 2.85 bits per heavy atom. The molecule has 2 aromatic heterocycles.